The lowest BCUT2D eigenvalue weighted by molar-refractivity contribution is -0.346. The minimum absolute atomic E-state index is 0.0503. The first-order valence-electron chi connectivity index (χ1n) is 5.97. The smallest absolute Gasteiger partial charge is 0.342 e. The Morgan fingerprint density at radius 1 is 1.05 bits per heavy atom. The van der Waals surface area contributed by atoms with Crippen molar-refractivity contribution in [1.82, 2.24) is 4.90 Å². The van der Waals surface area contributed by atoms with Gasteiger partial charge in [-0.15, -0.1) is 0 Å². The van der Waals surface area contributed by atoms with Crippen LogP contribution in [-0.2, 0) is 4.79 Å². The van der Waals surface area contributed by atoms with Crippen LogP contribution in [0.1, 0.15) is 13.3 Å². The lowest BCUT2D eigenvalue weighted by Gasteiger charge is -2.33. The Balaban J connectivity index is 3.02. The van der Waals surface area contributed by atoms with Crippen LogP contribution in [0.2, 0.25) is 0 Å². The molecule has 2 atom stereocenters. The summed E-state index contributed by atoms with van der Waals surface area (Å²) < 4.78 is 89.4. The standard InChI is InChI=1S/C11H13F7INO/c1-6(21)20-4-7(8(3-19)5-20)2-9(12,10(13,14)15)11(16,17)18/h7-8H,2-5H2,1H3. The van der Waals surface area contributed by atoms with Crippen LogP contribution in [0.4, 0.5) is 30.7 Å². The van der Waals surface area contributed by atoms with Crippen molar-refractivity contribution in [2.45, 2.75) is 31.4 Å². The van der Waals surface area contributed by atoms with Gasteiger partial charge in [-0.2, -0.15) is 26.3 Å². The maximum Gasteiger partial charge on any atom is 0.431 e. The van der Waals surface area contributed by atoms with Crippen LogP contribution in [0.15, 0.2) is 0 Å². The number of carbonyl (C=O) groups excluding carboxylic acids is 1. The van der Waals surface area contributed by atoms with E-state index in [1.807, 2.05) is 22.6 Å². The molecule has 21 heavy (non-hydrogen) atoms. The summed E-state index contributed by atoms with van der Waals surface area (Å²) in [6, 6.07) is 0. The van der Waals surface area contributed by atoms with Gasteiger partial charge in [0, 0.05) is 30.9 Å². The lowest BCUT2D eigenvalue weighted by Crippen LogP contribution is -2.54. The van der Waals surface area contributed by atoms with Crippen LogP contribution in [0, 0.1) is 11.8 Å². The van der Waals surface area contributed by atoms with E-state index >= 15 is 0 Å². The summed E-state index contributed by atoms with van der Waals surface area (Å²) >= 11 is 1.81. The van der Waals surface area contributed by atoms with Crippen molar-refractivity contribution in [2.75, 3.05) is 17.5 Å². The van der Waals surface area contributed by atoms with Crippen molar-refractivity contribution in [3.63, 3.8) is 0 Å². The van der Waals surface area contributed by atoms with Gasteiger partial charge in [-0.25, -0.2) is 4.39 Å². The van der Waals surface area contributed by atoms with E-state index < -0.39 is 42.2 Å². The number of carbonyl (C=O) groups is 1. The van der Waals surface area contributed by atoms with E-state index in [2.05, 4.69) is 0 Å². The summed E-state index contributed by atoms with van der Waals surface area (Å²) in [5, 5.41) is 0. The third-order valence-electron chi connectivity index (χ3n) is 3.66. The first-order valence-corrected chi connectivity index (χ1v) is 7.50. The van der Waals surface area contributed by atoms with Crippen LogP contribution < -0.4 is 0 Å². The molecule has 0 aliphatic carbocycles. The van der Waals surface area contributed by atoms with Crippen molar-refractivity contribution in [3.8, 4) is 0 Å². The molecular formula is C11H13F7INO. The average Bonchev–Trinajstić information content (AvgIpc) is 2.69. The fourth-order valence-corrected chi connectivity index (χ4v) is 3.35. The number of nitrogens with zero attached hydrogens (tertiary/aromatic N) is 1. The lowest BCUT2D eigenvalue weighted by atomic mass is 9.85. The van der Waals surface area contributed by atoms with Gasteiger partial charge in [-0.1, -0.05) is 22.6 Å². The molecular weight excluding hydrogens is 422 g/mol. The third-order valence-corrected chi connectivity index (χ3v) is 4.79. The van der Waals surface area contributed by atoms with Crippen molar-refractivity contribution in [1.29, 1.82) is 0 Å². The SMILES string of the molecule is CC(=O)N1CC(CI)C(CC(F)(C(F)(F)F)C(F)(F)F)C1. The van der Waals surface area contributed by atoms with E-state index in [-0.39, 0.29) is 17.5 Å². The largest absolute Gasteiger partial charge is 0.431 e. The number of rotatable bonds is 3. The number of hydrogen-bond acceptors (Lipinski definition) is 1. The second kappa shape index (κ2) is 6.07. The fourth-order valence-electron chi connectivity index (χ4n) is 2.36. The maximum atomic E-state index is 13.7. The molecule has 1 aliphatic heterocycles. The molecule has 1 amide bonds. The van der Waals surface area contributed by atoms with E-state index in [0.717, 1.165) is 4.90 Å². The zero-order valence-corrected chi connectivity index (χ0v) is 13.0. The summed E-state index contributed by atoms with van der Waals surface area (Å²) in [6.45, 7) is 0.929. The van der Waals surface area contributed by atoms with E-state index in [1.165, 1.54) is 6.92 Å². The van der Waals surface area contributed by atoms with Gasteiger partial charge in [0.05, 0.1) is 0 Å². The van der Waals surface area contributed by atoms with Gasteiger partial charge in [-0.3, -0.25) is 4.79 Å². The number of halogens is 8. The number of alkyl halides is 8. The van der Waals surface area contributed by atoms with Gasteiger partial charge in [-0.05, 0) is 11.8 Å². The molecule has 0 saturated carbocycles. The molecule has 0 spiro atoms. The Hall–Kier alpha value is -0.290. The van der Waals surface area contributed by atoms with Crippen molar-refractivity contribution in [3.05, 3.63) is 0 Å². The Kier molecular flexibility index (Phi) is 5.42. The van der Waals surface area contributed by atoms with Gasteiger partial charge >= 0.3 is 12.4 Å². The summed E-state index contributed by atoms with van der Waals surface area (Å²) in [5.74, 6) is -2.22. The fraction of sp³-hybridized carbons (Fsp3) is 0.909. The zero-order valence-electron chi connectivity index (χ0n) is 10.9. The molecule has 124 valence electrons. The molecule has 1 fully saturated rings. The van der Waals surface area contributed by atoms with Crippen LogP contribution >= 0.6 is 22.6 Å². The molecule has 1 saturated heterocycles. The maximum absolute atomic E-state index is 13.7. The van der Waals surface area contributed by atoms with E-state index in [4.69, 9.17) is 0 Å². The zero-order chi connectivity index (χ0) is 16.6. The van der Waals surface area contributed by atoms with Gasteiger partial charge in [0.2, 0.25) is 5.91 Å². The van der Waals surface area contributed by atoms with Crippen LogP contribution in [0.3, 0.4) is 0 Å². The molecule has 0 radical (unpaired) electrons. The molecule has 1 heterocycles. The molecule has 0 aromatic heterocycles. The predicted octanol–water partition coefficient (Wildman–Crippen LogP) is 3.74. The minimum Gasteiger partial charge on any atom is -0.342 e. The van der Waals surface area contributed by atoms with Crippen molar-refractivity contribution < 1.29 is 35.5 Å². The highest BCUT2D eigenvalue weighted by molar-refractivity contribution is 14.1. The number of likely N-dealkylation sites (tertiary alicyclic amines) is 1. The normalized spacial score (nSPS) is 24.5. The Morgan fingerprint density at radius 3 is 1.81 bits per heavy atom. The highest BCUT2D eigenvalue weighted by Gasteiger charge is 2.73. The van der Waals surface area contributed by atoms with Gasteiger partial charge < -0.3 is 4.90 Å². The summed E-state index contributed by atoms with van der Waals surface area (Å²) in [5.41, 5.74) is -5.25. The van der Waals surface area contributed by atoms with Crippen molar-refractivity contribution >= 4 is 28.5 Å². The van der Waals surface area contributed by atoms with Gasteiger partial charge in [0.15, 0.2) is 0 Å². The second-order valence-electron chi connectivity index (χ2n) is 5.10. The van der Waals surface area contributed by atoms with Crippen LogP contribution in [0.25, 0.3) is 0 Å². The van der Waals surface area contributed by atoms with Crippen LogP contribution in [-0.4, -0.2) is 46.3 Å². The summed E-state index contributed by atoms with van der Waals surface area (Å²) in [6.07, 6.45) is -13.8. The molecule has 0 bridgehead atoms. The van der Waals surface area contributed by atoms with E-state index in [0.29, 0.717) is 0 Å². The quantitative estimate of drug-likeness (QED) is 0.376. The number of hydrogen-bond donors (Lipinski definition) is 0. The third kappa shape index (κ3) is 3.73. The average molecular weight is 435 g/mol. The summed E-state index contributed by atoms with van der Waals surface area (Å²) in [7, 11) is 0. The number of amides is 1. The van der Waals surface area contributed by atoms with Gasteiger partial charge in [0.25, 0.3) is 5.67 Å². The molecule has 2 nitrogen and oxygen atoms in total. The molecule has 0 N–H and O–H groups in total. The Morgan fingerprint density at radius 2 is 1.48 bits per heavy atom. The van der Waals surface area contributed by atoms with Gasteiger partial charge in [0.1, 0.15) is 0 Å². The molecule has 0 aromatic rings. The van der Waals surface area contributed by atoms with E-state index in [9.17, 15) is 35.5 Å². The second-order valence-corrected chi connectivity index (χ2v) is 5.98. The van der Waals surface area contributed by atoms with E-state index in [1.54, 1.807) is 0 Å². The molecule has 0 aromatic carbocycles. The predicted molar refractivity (Wildman–Crippen MR) is 68.7 cm³/mol. The summed E-state index contributed by atoms with van der Waals surface area (Å²) in [4.78, 5) is 12.4. The van der Waals surface area contributed by atoms with Crippen molar-refractivity contribution in [2.24, 2.45) is 11.8 Å². The first-order chi connectivity index (χ1) is 9.33. The Labute approximate surface area is 130 Å². The molecule has 1 rings (SSSR count). The monoisotopic (exact) mass is 435 g/mol. The van der Waals surface area contributed by atoms with Crippen LogP contribution in [0.5, 0.6) is 0 Å². The molecule has 1 aliphatic rings. The molecule has 10 heteroatoms. The highest BCUT2D eigenvalue weighted by atomic mass is 127. The highest BCUT2D eigenvalue weighted by Crippen LogP contribution is 2.51. The molecule has 2 unspecified atom stereocenters. The topological polar surface area (TPSA) is 20.3 Å². The first kappa shape index (κ1) is 18.8. The minimum atomic E-state index is -6.04. The Bertz CT molecular complexity index is 381.